The third kappa shape index (κ3) is 7.12. The van der Waals surface area contributed by atoms with Crippen LogP contribution in [0.4, 0.5) is 30.6 Å². The minimum Gasteiger partial charge on any atom is -0.366 e. The van der Waals surface area contributed by atoms with Gasteiger partial charge in [0.2, 0.25) is 11.9 Å². The van der Waals surface area contributed by atoms with Crippen molar-refractivity contribution in [2.24, 2.45) is 11.8 Å². The fourth-order valence-electron chi connectivity index (χ4n) is 4.84. The predicted octanol–water partition coefficient (Wildman–Crippen LogP) is 3.68. The molecule has 2 heterocycles. The molecule has 1 aliphatic heterocycles. The van der Waals surface area contributed by atoms with Gasteiger partial charge in [0.15, 0.2) is 0 Å². The van der Waals surface area contributed by atoms with E-state index >= 15 is 0 Å². The summed E-state index contributed by atoms with van der Waals surface area (Å²) in [6.45, 7) is 6.12. The number of hydrogen-bond acceptors (Lipinski definition) is 7. The van der Waals surface area contributed by atoms with Crippen LogP contribution in [0.25, 0.3) is 0 Å². The molecule has 12 heteroatoms. The van der Waals surface area contributed by atoms with E-state index in [0.29, 0.717) is 36.6 Å². The van der Waals surface area contributed by atoms with Crippen molar-refractivity contribution in [3.05, 3.63) is 41.6 Å². The molecule has 1 saturated carbocycles. The molecule has 0 spiro atoms. The van der Waals surface area contributed by atoms with Gasteiger partial charge in [0.05, 0.1) is 5.92 Å². The minimum atomic E-state index is -4.67. The Morgan fingerprint density at radius 2 is 1.89 bits per heavy atom. The minimum absolute atomic E-state index is 0.0346. The van der Waals surface area contributed by atoms with Crippen LogP contribution in [0.5, 0.6) is 0 Å². The van der Waals surface area contributed by atoms with Gasteiger partial charge in [-0.1, -0.05) is 6.42 Å². The number of aromatic nitrogens is 2. The molecule has 0 radical (unpaired) electrons. The number of amides is 2. The van der Waals surface area contributed by atoms with Crippen LogP contribution in [0.2, 0.25) is 0 Å². The Morgan fingerprint density at radius 3 is 2.55 bits per heavy atom. The lowest BCUT2D eigenvalue weighted by atomic mass is 10.0. The van der Waals surface area contributed by atoms with Crippen molar-refractivity contribution >= 4 is 29.3 Å². The van der Waals surface area contributed by atoms with Gasteiger partial charge in [-0.3, -0.25) is 9.59 Å². The van der Waals surface area contributed by atoms with Crippen LogP contribution in [0, 0.1) is 11.8 Å². The summed E-state index contributed by atoms with van der Waals surface area (Å²) >= 11 is 0. The number of carbonyl (C=O) groups excluding carboxylic acids is 2. The first-order valence-corrected chi connectivity index (χ1v) is 13.0. The van der Waals surface area contributed by atoms with Gasteiger partial charge in [0.1, 0.15) is 11.4 Å². The molecule has 2 fully saturated rings. The lowest BCUT2D eigenvalue weighted by Gasteiger charge is -2.24. The van der Waals surface area contributed by atoms with E-state index in [1.54, 1.807) is 24.3 Å². The number of halogens is 3. The first-order valence-electron chi connectivity index (χ1n) is 13.0. The molecule has 2 aromatic rings. The molecule has 2 aliphatic rings. The first-order chi connectivity index (χ1) is 18.1. The third-order valence-electron chi connectivity index (χ3n) is 6.82. The highest BCUT2D eigenvalue weighted by molar-refractivity contribution is 5.94. The van der Waals surface area contributed by atoms with Gasteiger partial charge in [-0.2, -0.15) is 18.2 Å². The normalized spacial score (nSPS) is 21.4. The number of rotatable bonds is 9. The van der Waals surface area contributed by atoms with Crippen molar-refractivity contribution < 1.29 is 22.8 Å². The van der Waals surface area contributed by atoms with Gasteiger partial charge in [0, 0.05) is 36.1 Å². The van der Waals surface area contributed by atoms with Gasteiger partial charge >= 0.3 is 6.18 Å². The number of nitrogens with one attached hydrogen (secondary N) is 5. The number of anilines is 3. The Kier molecular flexibility index (Phi) is 8.70. The Bertz CT molecular complexity index is 1120. The Hall–Kier alpha value is -3.41. The molecule has 38 heavy (non-hydrogen) atoms. The topological polar surface area (TPSA) is 120 Å². The smallest absolute Gasteiger partial charge is 0.366 e. The Labute approximate surface area is 219 Å². The van der Waals surface area contributed by atoms with Crippen molar-refractivity contribution in [3.63, 3.8) is 0 Å². The molecule has 5 N–H and O–H groups in total. The molecular formula is C26H34F3N7O2. The van der Waals surface area contributed by atoms with Crippen LogP contribution in [-0.2, 0) is 11.0 Å². The fraction of sp³-hybridized carbons (Fsp3) is 0.538. The van der Waals surface area contributed by atoms with E-state index in [9.17, 15) is 22.8 Å². The standard InChI is InChI=1S/C26H34F3N7O2/c1-15(2)33-24(38)19-4-3-5-21(19)35-22-20(26(27,28)29)14-32-25(36-22)34-18-8-6-17(7-9-18)23(37)31-13-16-10-11-30-12-16/h6-9,14-16,19,21,30H,3-5,10-13H2,1-2H3,(H,31,37)(H,33,38)(H2,32,34,35,36)/t16?,19-,21+/m0/s1. The predicted molar refractivity (Wildman–Crippen MR) is 138 cm³/mol. The number of benzene rings is 1. The van der Waals surface area contributed by atoms with Gasteiger partial charge in [-0.15, -0.1) is 0 Å². The second-order valence-corrected chi connectivity index (χ2v) is 10.2. The molecule has 2 amide bonds. The highest BCUT2D eigenvalue weighted by Crippen LogP contribution is 2.36. The molecule has 9 nitrogen and oxygen atoms in total. The summed E-state index contributed by atoms with van der Waals surface area (Å²) in [4.78, 5) is 33.0. The molecular weight excluding hydrogens is 499 g/mol. The summed E-state index contributed by atoms with van der Waals surface area (Å²) in [6.07, 6.45) is -1.04. The molecule has 1 aliphatic carbocycles. The van der Waals surface area contributed by atoms with Gasteiger partial charge < -0.3 is 26.6 Å². The highest BCUT2D eigenvalue weighted by atomic mass is 19.4. The van der Waals surface area contributed by atoms with E-state index in [4.69, 9.17) is 0 Å². The molecule has 1 saturated heterocycles. The summed E-state index contributed by atoms with van der Waals surface area (Å²) in [6, 6.07) is 6.00. The van der Waals surface area contributed by atoms with Crippen molar-refractivity contribution in [2.45, 2.75) is 57.8 Å². The first kappa shape index (κ1) is 27.6. The average molecular weight is 534 g/mol. The lowest BCUT2D eigenvalue weighted by molar-refractivity contribution is -0.137. The molecule has 1 unspecified atom stereocenters. The van der Waals surface area contributed by atoms with Crippen molar-refractivity contribution in [3.8, 4) is 0 Å². The van der Waals surface area contributed by atoms with E-state index in [1.807, 2.05) is 13.8 Å². The summed E-state index contributed by atoms with van der Waals surface area (Å²) in [5.74, 6) is -0.806. The second-order valence-electron chi connectivity index (χ2n) is 10.2. The summed E-state index contributed by atoms with van der Waals surface area (Å²) in [5, 5.41) is 14.8. The number of carbonyl (C=O) groups is 2. The van der Waals surface area contributed by atoms with Crippen molar-refractivity contribution in [1.29, 1.82) is 0 Å². The summed E-state index contributed by atoms with van der Waals surface area (Å²) < 4.78 is 41.2. The van der Waals surface area contributed by atoms with Crippen LogP contribution in [0.3, 0.4) is 0 Å². The fourth-order valence-corrected chi connectivity index (χ4v) is 4.84. The van der Waals surface area contributed by atoms with Crippen LogP contribution in [0.15, 0.2) is 30.5 Å². The largest absolute Gasteiger partial charge is 0.421 e. The van der Waals surface area contributed by atoms with Crippen LogP contribution in [-0.4, -0.2) is 53.5 Å². The molecule has 1 aromatic heterocycles. The number of hydrogen-bond donors (Lipinski definition) is 5. The molecule has 1 aromatic carbocycles. The van der Waals surface area contributed by atoms with Gasteiger partial charge in [-0.25, -0.2) is 4.98 Å². The zero-order valence-corrected chi connectivity index (χ0v) is 21.5. The van der Waals surface area contributed by atoms with Crippen LogP contribution in [0.1, 0.15) is 55.5 Å². The van der Waals surface area contributed by atoms with E-state index in [-0.39, 0.29) is 29.6 Å². The lowest BCUT2D eigenvalue weighted by Crippen LogP contribution is -2.41. The van der Waals surface area contributed by atoms with Gasteiger partial charge in [-0.05, 0) is 76.4 Å². The highest BCUT2D eigenvalue weighted by Gasteiger charge is 2.39. The van der Waals surface area contributed by atoms with Crippen molar-refractivity contribution in [2.75, 3.05) is 30.3 Å². The zero-order valence-electron chi connectivity index (χ0n) is 21.5. The van der Waals surface area contributed by atoms with E-state index in [1.165, 1.54) is 0 Å². The second kappa shape index (κ2) is 12.0. The van der Waals surface area contributed by atoms with E-state index in [0.717, 1.165) is 32.1 Å². The molecule has 0 bridgehead atoms. The Balaban J connectivity index is 1.45. The molecule has 4 rings (SSSR count). The molecule has 206 valence electrons. The van der Waals surface area contributed by atoms with Crippen LogP contribution >= 0.6 is 0 Å². The quantitative estimate of drug-likeness (QED) is 0.334. The van der Waals surface area contributed by atoms with Crippen LogP contribution < -0.4 is 26.6 Å². The number of nitrogens with zero attached hydrogens (tertiary/aromatic N) is 2. The monoisotopic (exact) mass is 533 g/mol. The average Bonchev–Trinajstić information content (AvgIpc) is 3.54. The number of alkyl halides is 3. The maximum Gasteiger partial charge on any atom is 0.421 e. The van der Waals surface area contributed by atoms with Gasteiger partial charge in [0.25, 0.3) is 5.91 Å². The maximum absolute atomic E-state index is 13.7. The zero-order chi connectivity index (χ0) is 27.3. The molecule has 3 atom stereocenters. The maximum atomic E-state index is 13.7. The summed E-state index contributed by atoms with van der Waals surface area (Å²) in [5.41, 5.74) is -0.00564. The van der Waals surface area contributed by atoms with E-state index < -0.39 is 23.7 Å². The van der Waals surface area contributed by atoms with Crippen molar-refractivity contribution in [1.82, 2.24) is 25.9 Å². The SMILES string of the molecule is CC(C)NC(=O)[C@H]1CCC[C@H]1Nc1nc(Nc2ccc(C(=O)NCC3CCNC3)cc2)ncc1C(F)(F)F. The summed E-state index contributed by atoms with van der Waals surface area (Å²) in [7, 11) is 0. The van der Waals surface area contributed by atoms with E-state index in [2.05, 4.69) is 36.6 Å². The third-order valence-corrected chi connectivity index (χ3v) is 6.82. The Morgan fingerprint density at radius 1 is 1.13 bits per heavy atom.